The molecule has 3 atom stereocenters. The summed E-state index contributed by atoms with van der Waals surface area (Å²) in [5, 5.41) is 0. The maximum absolute atomic E-state index is 12.9. The van der Waals surface area contributed by atoms with Crippen molar-refractivity contribution >= 4 is 22.0 Å². The zero-order valence-corrected chi connectivity index (χ0v) is 17.8. The summed E-state index contributed by atoms with van der Waals surface area (Å²) >= 11 is 3.47. The lowest BCUT2D eigenvalue weighted by Crippen LogP contribution is -2.45. The minimum Gasteiger partial charge on any atom is -0.444 e. The quantitative estimate of drug-likeness (QED) is 0.663. The number of aromatic nitrogens is 2. The van der Waals surface area contributed by atoms with E-state index in [9.17, 15) is 4.79 Å². The fourth-order valence-corrected chi connectivity index (χ4v) is 4.29. The number of piperidine rings is 1. The van der Waals surface area contributed by atoms with Crippen LogP contribution in [0.4, 0.5) is 4.79 Å². The zero-order chi connectivity index (χ0) is 19.4. The zero-order valence-electron chi connectivity index (χ0n) is 16.3. The van der Waals surface area contributed by atoms with Crippen LogP contribution >= 0.6 is 15.9 Å². The molecule has 1 saturated carbocycles. The second kappa shape index (κ2) is 6.36. The maximum atomic E-state index is 12.9. The molecule has 144 valence electrons. The third-order valence-electron chi connectivity index (χ3n) is 5.64. The Morgan fingerprint density at radius 3 is 2.70 bits per heavy atom. The van der Waals surface area contributed by atoms with Crippen LogP contribution in [-0.4, -0.2) is 32.6 Å². The Bertz CT molecular complexity index is 855. The van der Waals surface area contributed by atoms with E-state index in [1.54, 1.807) is 0 Å². The summed E-state index contributed by atoms with van der Waals surface area (Å²) in [4.78, 5) is 22.9. The predicted molar refractivity (Wildman–Crippen MR) is 108 cm³/mol. The molecule has 0 unspecified atom stereocenters. The highest BCUT2D eigenvalue weighted by Crippen LogP contribution is 2.59. The number of carbonyl (C=O) groups excluding carboxylic acids is 1. The van der Waals surface area contributed by atoms with E-state index in [2.05, 4.69) is 32.8 Å². The van der Waals surface area contributed by atoms with Crippen LogP contribution in [0.15, 0.2) is 34.9 Å². The van der Waals surface area contributed by atoms with Gasteiger partial charge in [-0.1, -0.05) is 35.0 Å². The van der Waals surface area contributed by atoms with E-state index < -0.39 is 5.60 Å². The number of likely N-dealkylation sites (tertiary alicyclic amines) is 1. The Kier molecular flexibility index (Phi) is 4.37. The number of carbonyl (C=O) groups is 1. The topological polar surface area (TPSA) is 58.2 Å². The monoisotopic (exact) mass is 431 g/mol. The molecule has 27 heavy (non-hydrogen) atoms. The van der Waals surface area contributed by atoms with Crippen molar-refractivity contribution in [1.82, 2.24) is 14.9 Å². The van der Waals surface area contributed by atoms with Gasteiger partial charge in [-0.15, -0.1) is 0 Å². The molecule has 1 N–H and O–H groups in total. The summed E-state index contributed by atoms with van der Waals surface area (Å²) in [6.07, 6.45) is 4.67. The molecule has 6 heteroatoms. The molecule has 1 aromatic heterocycles. The van der Waals surface area contributed by atoms with Gasteiger partial charge in [0.2, 0.25) is 0 Å². The number of nitrogens with zero attached hydrogens (tertiary/aromatic N) is 2. The molecule has 0 bridgehead atoms. The summed E-state index contributed by atoms with van der Waals surface area (Å²) in [5.41, 5.74) is 1.77. The van der Waals surface area contributed by atoms with Gasteiger partial charge >= 0.3 is 6.09 Å². The van der Waals surface area contributed by atoms with Crippen molar-refractivity contribution in [2.45, 2.75) is 64.6 Å². The minimum atomic E-state index is -0.504. The largest absolute Gasteiger partial charge is 0.444 e. The van der Waals surface area contributed by atoms with Crippen molar-refractivity contribution in [1.29, 1.82) is 0 Å². The van der Waals surface area contributed by atoms with E-state index in [-0.39, 0.29) is 23.6 Å². The second-order valence-electron chi connectivity index (χ2n) is 9.01. The molecule has 5 nitrogen and oxygen atoms in total. The molecule has 0 spiro atoms. The van der Waals surface area contributed by atoms with Crippen molar-refractivity contribution in [3.8, 4) is 11.3 Å². The van der Waals surface area contributed by atoms with Gasteiger partial charge in [0.15, 0.2) is 0 Å². The predicted octanol–water partition coefficient (Wildman–Crippen LogP) is 5.69. The van der Waals surface area contributed by atoms with Gasteiger partial charge in [0.1, 0.15) is 11.4 Å². The molecule has 1 aliphatic heterocycles. The summed E-state index contributed by atoms with van der Waals surface area (Å²) in [5.74, 6) is 0.840. The maximum Gasteiger partial charge on any atom is 0.411 e. The fraction of sp³-hybridized carbons (Fsp3) is 0.524. The lowest BCUT2D eigenvalue weighted by Gasteiger charge is -2.38. The van der Waals surface area contributed by atoms with E-state index >= 15 is 0 Å². The number of nitrogens with one attached hydrogen (secondary N) is 1. The van der Waals surface area contributed by atoms with Gasteiger partial charge in [0.05, 0.1) is 17.9 Å². The first-order chi connectivity index (χ1) is 12.7. The Labute approximate surface area is 168 Å². The van der Waals surface area contributed by atoms with Gasteiger partial charge in [0, 0.05) is 10.5 Å². The highest BCUT2D eigenvalue weighted by Gasteiger charge is 2.60. The third kappa shape index (κ3) is 3.64. The Morgan fingerprint density at radius 2 is 2.04 bits per heavy atom. The lowest BCUT2D eigenvalue weighted by atomic mass is 9.92. The van der Waals surface area contributed by atoms with Crippen LogP contribution < -0.4 is 0 Å². The number of rotatable bonds is 2. The molecule has 2 aliphatic rings. The van der Waals surface area contributed by atoms with Crippen molar-refractivity contribution in [3.05, 3.63) is 40.8 Å². The van der Waals surface area contributed by atoms with E-state index in [1.807, 2.05) is 56.1 Å². The average Bonchev–Trinajstić information content (AvgIpc) is 3.03. The number of fused-ring (bicyclic) bond motifs is 1. The molecule has 0 radical (unpaired) electrons. The van der Waals surface area contributed by atoms with Crippen molar-refractivity contribution in [2.75, 3.05) is 0 Å². The second-order valence-corrected chi connectivity index (χ2v) is 9.92. The summed E-state index contributed by atoms with van der Waals surface area (Å²) < 4.78 is 6.76. The molecule has 1 aliphatic carbocycles. The first-order valence-electron chi connectivity index (χ1n) is 9.48. The number of H-pyrrole nitrogens is 1. The molecule has 2 fully saturated rings. The lowest BCUT2D eigenvalue weighted by molar-refractivity contribution is 0.00113. The van der Waals surface area contributed by atoms with Gasteiger partial charge in [-0.2, -0.15) is 0 Å². The number of imidazole rings is 1. The van der Waals surface area contributed by atoms with Crippen LogP contribution in [0, 0.1) is 5.41 Å². The number of ether oxygens (including phenoxy) is 1. The van der Waals surface area contributed by atoms with Crippen LogP contribution in [0.5, 0.6) is 0 Å². The van der Waals surface area contributed by atoms with Crippen LogP contribution in [0.1, 0.15) is 58.8 Å². The standard InChI is InChI=1S/C21H26BrN3O2/c1-20(2,3)27-19(26)25-16(9-10-21(4)11-17(21)25)18-23-12-15(24-18)13-5-7-14(22)8-6-13/h5-8,12,16-17H,9-11H2,1-4H3,(H,23,24)/t16-,17+,21-/m0/s1. The summed E-state index contributed by atoms with van der Waals surface area (Å²) in [6.45, 7) is 8.00. The Balaban J connectivity index is 1.61. The van der Waals surface area contributed by atoms with Crippen LogP contribution in [0.2, 0.25) is 0 Å². The minimum absolute atomic E-state index is 0.0652. The molecule has 2 aromatic rings. The van der Waals surface area contributed by atoms with Gasteiger partial charge in [0.25, 0.3) is 0 Å². The fourth-order valence-electron chi connectivity index (χ4n) is 4.03. The number of hydrogen-bond donors (Lipinski definition) is 1. The molecular weight excluding hydrogens is 406 g/mol. The van der Waals surface area contributed by atoms with Crippen molar-refractivity contribution in [3.63, 3.8) is 0 Å². The molecule has 1 amide bonds. The molecular formula is C21H26BrN3O2. The normalized spacial score (nSPS) is 27.2. The molecule has 1 saturated heterocycles. The number of aromatic amines is 1. The van der Waals surface area contributed by atoms with Gasteiger partial charge in [-0.3, -0.25) is 4.90 Å². The van der Waals surface area contributed by atoms with Gasteiger partial charge in [-0.25, -0.2) is 9.78 Å². The van der Waals surface area contributed by atoms with E-state index in [0.717, 1.165) is 40.8 Å². The van der Waals surface area contributed by atoms with E-state index in [4.69, 9.17) is 4.74 Å². The Morgan fingerprint density at radius 1 is 1.33 bits per heavy atom. The number of amides is 1. The molecule has 4 rings (SSSR count). The average molecular weight is 432 g/mol. The van der Waals surface area contributed by atoms with Crippen LogP contribution in [0.3, 0.4) is 0 Å². The van der Waals surface area contributed by atoms with E-state index in [1.165, 1.54) is 0 Å². The number of hydrogen-bond acceptors (Lipinski definition) is 3. The molecule has 1 aromatic carbocycles. The van der Waals surface area contributed by atoms with Crippen molar-refractivity contribution in [2.24, 2.45) is 5.41 Å². The number of benzene rings is 1. The highest BCUT2D eigenvalue weighted by atomic mass is 79.9. The number of halogens is 1. The summed E-state index contributed by atoms with van der Waals surface area (Å²) in [7, 11) is 0. The Hall–Kier alpha value is -1.82. The smallest absolute Gasteiger partial charge is 0.411 e. The first kappa shape index (κ1) is 18.5. The van der Waals surface area contributed by atoms with Crippen LogP contribution in [-0.2, 0) is 4.74 Å². The first-order valence-corrected chi connectivity index (χ1v) is 10.3. The van der Waals surface area contributed by atoms with Gasteiger partial charge in [-0.05, 0) is 63.1 Å². The van der Waals surface area contributed by atoms with Crippen molar-refractivity contribution < 1.29 is 9.53 Å². The SMILES string of the molecule is CC(C)(C)OC(=O)N1[C@H](c2ncc(-c3ccc(Br)cc3)[nH]2)CC[C@@]2(C)C[C@@H]12. The molecule has 2 heterocycles. The summed E-state index contributed by atoms with van der Waals surface area (Å²) in [6, 6.07) is 8.30. The van der Waals surface area contributed by atoms with Gasteiger partial charge < -0.3 is 9.72 Å². The third-order valence-corrected chi connectivity index (χ3v) is 6.16. The van der Waals surface area contributed by atoms with E-state index in [0.29, 0.717) is 0 Å². The highest BCUT2D eigenvalue weighted by molar-refractivity contribution is 9.10. The van der Waals surface area contributed by atoms with Crippen LogP contribution in [0.25, 0.3) is 11.3 Å².